The van der Waals surface area contributed by atoms with Crippen molar-refractivity contribution < 1.29 is 9.53 Å². The third kappa shape index (κ3) is 8.24. The molecule has 0 saturated heterocycles. The Kier molecular flexibility index (Phi) is 7.77. The summed E-state index contributed by atoms with van der Waals surface area (Å²) in [6.45, 7) is 7.87. The number of hydrogen-bond donors (Lipinski definition) is 0. The SMILES string of the molecule is CCCCC[C@H](C)O[C@H](C)CC(C)=O. The van der Waals surface area contributed by atoms with Gasteiger partial charge in [-0.2, -0.15) is 0 Å². The summed E-state index contributed by atoms with van der Waals surface area (Å²) in [4.78, 5) is 10.8. The van der Waals surface area contributed by atoms with Crippen molar-refractivity contribution in [3.8, 4) is 0 Å². The van der Waals surface area contributed by atoms with Crippen LogP contribution in [0.5, 0.6) is 0 Å². The van der Waals surface area contributed by atoms with Crippen LogP contribution < -0.4 is 0 Å². The average molecular weight is 200 g/mol. The van der Waals surface area contributed by atoms with E-state index in [4.69, 9.17) is 4.74 Å². The highest BCUT2D eigenvalue weighted by Crippen LogP contribution is 2.10. The van der Waals surface area contributed by atoms with Crippen LogP contribution in [0.3, 0.4) is 0 Å². The maximum atomic E-state index is 10.8. The van der Waals surface area contributed by atoms with Crippen molar-refractivity contribution in [2.45, 2.75) is 72.0 Å². The molecule has 0 aromatic carbocycles. The summed E-state index contributed by atoms with van der Waals surface area (Å²) in [6, 6.07) is 0. The zero-order valence-corrected chi connectivity index (χ0v) is 10.0. The van der Waals surface area contributed by atoms with Crippen molar-refractivity contribution >= 4 is 5.78 Å². The second-order valence-electron chi connectivity index (χ2n) is 4.16. The van der Waals surface area contributed by atoms with Crippen LogP contribution >= 0.6 is 0 Å². The third-order valence-corrected chi connectivity index (χ3v) is 2.25. The highest BCUT2D eigenvalue weighted by atomic mass is 16.5. The topological polar surface area (TPSA) is 26.3 Å². The Balaban J connectivity index is 3.49. The predicted molar refractivity (Wildman–Crippen MR) is 59.4 cm³/mol. The number of carbonyl (C=O) groups is 1. The van der Waals surface area contributed by atoms with Gasteiger partial charge >= 0.3 is 0 Å². The van der Waals surface area contributed by atoms with Crippen molar-refractivity contribution in [2.24, 2.45) is 0 Å². The van der Waals surface area contributed by atoms with Crippen molar-refractivity contribution in [3.05, 3.63) is 0 Å². The maximum absolute atomic E-state index is 10.8. The first-order valence-corrected chi connectivity index (χ1v) is 5.71. The normalized spacial score (nSPS) is 15.1. The van der Waals surface area contributed by atoms with Gasteiger partial charge in [0.1, 0.15) is 5.78 Å². The molecule has 0 aliphatic rings. The lowest BCUT2D eigenvalue weighted by Gasteiger charge is -2.18. The van der Waals surface area contributed by atoms with E-state index in [1.54, 1.807) is 6.92 Å². The molecule has 0 N–H and O–H groups in total. The van der Waals surface area contributed by atoms with Crippen LogP contribution in [0, 0.1) is 0 Å². The van der Waals surface area contributed by atoms with Gasteiger partial charge in [-0.05, 0) is 27.2 Å². The fraction of sp³-hybridized carbons (Fsp3) is 0.917. The van der Waals surface area contributed by atoms with Gasteiger partial charge in [-0.25, -0.2) is 0 Å². The fourth-order valence-corrected chi connectivity index (χ4v) is 1.60. The first kappa shape index (κ1) is 13.6. The van der Waals surface area contributed by atoms with Crippen LogP contribution in [-0.2, 0) is 9.53 Å². The van der Waals surface area contributed by atoms with Gasteiger partial charge in [-0.1, -0.05) is 26.2 Å². The molecule has 0 aromatic rings. The second kappa shape index (κ2) is 7.98. The van der Waals surface area contributed by atoms with Crippen molar-refractivity contribution in [2.75, 3.05) is 0 Å². The molecule has 0 unspecified atom stereocenters. The van der Waals surface area contributed by atoms with E-state index in [1.165, 1.54) is 19.3 Å². The summed E-state index contributed by atoms with van der Waals surface area (Å²) in [5.74, 6) is 0.207. The van der Waals surface area contributed by atoms with Crippen LogP contribution in [0.25, 0.3) is 0 Å². The van der Waals surface area contributed by atoms with E-state index in [9.17, 15) is 4.79 Å². The molecule has 0 spiro atoms. The van der Waals surface area contributed by atoms with Crippen LogP contribution in [0.15, 0.2) is 0 Å². The van der Waals surface area contributed by atoms with Crippen LogP contribution in [-0.4, -0.2) is 18.0 Å². The number of hydrogen-bond acceptors (Lipinski definition) is 2. The van der Waals surface area contributed by atoms with E-state index >= 15 is 0 Å². The molecule has 0 saturated carbocycles. The van der Waals surface area contributed by atoms with Gasteiger partial charge in [0.15, 0.2) is 0 Å². The number of ether oxygens (including phenoxy) is 1. The summed E-state index contributed by atoms with van der Waals surface area (Å²) < 4.78 is 5.69. The van der Waals surface area contributed by atoms with E-state index in [1.807, 2.05) is 6.92 Å². The molecule has 2 atom stereocenters. The minimum atomic E-state index is 0.0733. The molecule has 0 rings (SSSR count). The first-order valence-electron chi connectivity index (χ1n) is 5.71. The van der Waals surface area contributed by atoms with E-state index in [-0.39, 0.29) is 18.0 Å². The Hall–Kier alpha value is -0.370. The van der Waals surface area contributed by atoms with Gasteiger partial charge in [0.2, 0.25) is 0 Å². The molecule has 0 radical (unpaired) electrons. The lowest BCUT2D eigenvalue weighted by Crippen LogP contribution is -2.19. The van der Waals surface area contributed by atoms with Gasteiger partial charge in [0.25, 0.3) is 0 Å². The summed E-state index contributed by atoms with van der Waals surface area (Å²) in [5, 5.41) is 0. The molecule has 0 bridgehead atoms. The predicted octanol–water partition coefficient (Wildman–Crippen LogP) is 3.34. The quantitative estimate of drug-likeness (QED) is 0.562. The molecular weight excluding hydrogens is 176 g/mol. The van der Waals surface area contributed by atoms with Crippen molar-refractivity contribution in [1.82, 2.24) is 0 Å². The average Bonchev–Trinajstić information content (AvgIpc) is 2.02. The number of Topliss-reactive ketones (excluding diaryl/α,β-unsaturated/α-hetero) is 1. The molecular formula is C12H24O2. The van der Waals surface area contributed by atoms with Gasteiger partial charge < -0.3 is 4.74 Å². The minimum Gasteiger partial charge on any atom is -0.375 e. The molecule has 2 nitrogen and oxygen atoms in total. The van der Waals surface area contributed by atoms with Crippen molar-refractivity contribution in [3.63, 3.8) is 0 Å². The Morgan fingerprint density at radius 1 is 1.21 bits per heavy atom. The Labute approximate surface area is 88.0 Å². The Bertz CT molecular complexity index is 154. The van der Waals surface area contributed by atoms with Gasteiger partial charge in [0.05, 0.1) is 12.2 Å². The molecule has 0 aromatic heterocycles. The zero-order valence-electron chi connectivity index (χ0n) is 10.0. The fourth-order valence-electron chi connectivity index (χ4n) is 1.60. The first-order chi connectivity index (χ1) is 6.56. The number of carbonyl (C=O) groups excluding carboxylic acids is 1. The van der Waals surface area contributed by atoms with Crippen molar-refractivity contribution in [1.29, 1.82) is 0 Å². The van der Waals surface area contributed by atoms with E-state index in [0.29, 0.717) is 6.42 Å². The summed E-state index contributed by atoms with van der Waals surface area (Å²) >= 11 is 0. The summed E-state index contributed by atoms with van der Waals surface area (Å²) in [6.07, 6.45) is 5.75. The Morgan fingerprint density at radius 2 is 1.86 bits per heavy atom. The van der Waals surface area contributed by atoms with Gasteiger partial charge in [0, 0.05) is 6.42 Å². The number of rotatable bonds is 8. The van der Waals surface area contributed by atoms with Gasteiger partial charge in [-0.15, -0.1) is 0 Å². The van der Waals surface area contributed by atoms with E-state index in [0.717, 1.165) is 6.42 Å². The zero-order chi connectivity index (χ0) is 11.0. The van der Waals surface area contributed by atoms with Crippen LogP contribution in [0.1, 0.15) is 59.8 Å². The van der Waals surface area contributed by atoms with Crippen LogP contribution in [0.4, 0.5) is 0 Å². The molecule has 14 heavy (non-hydrogen) atoms. The monoisotopic (exact) mass is 200 g/mol. The molecule has 2 heteroatoms. The maximum Gasteiger partial charge on any atom is 0.132 e. The molecule has 84 valence electrons. The summed E-state index contributed by atoms with van der Waals surface area (Å²) in [5.41, 5.74) is 0. The Morgan fingerprint density at radius 3 is 2.36 bits per heavy atom. The lowest BCUT2D eigenvalue weighted by molar-refractivity contribution is -0.120. The largest absolute Gasteiger partial charge is 0.375 e. The van der Waals surface area contributed by atoms with E-state index < -0.39 is 0 Å². The molecule has 0 amide bonds. The number of unbranched alkanes of at least 4 members (excludes halogenated alkanes) is 2. The van der Waals surface area contributed by atoms with Gasteiger partial charge in [-0.3, -0.25) is 4.79 Å². The van der Waals surface area contributed by atoms with Crippen LogP contribution in [0.2, 0.25) is 0 Å². The number of ketones is 1. The highest BCUT2D eigenvalue weighted by molar-refractivity contribution is 5.75. The smallest absolute Gasteiger partial charge is 0.132 e. The molecule has 0 heterocycles. The lowest BCUT2D eigenvalue weighted by atomic mass is 10.1. The molecule has 0 aliphatic carbocycles. The molecule has 0 fully saturated rings. The minimum absolute atomic E-state index is 0.0733. The van der Waals surface area contributed by atoms with E-state index in [2.05, 4.69) is 13.8 Å². The second-order valence-corrected chi connectivity index (χ2v) is 4.16. The third-order valence-electron chi connectivity index (χ3n) is 2.25. The standard InChI is InChI=1S/C12H24O2/c1-5-6-7-8-11(3)14-12(4)9-10(2)13/h11-12H,5-9H2,1-4H3/t11-,12+/m0/s1. The summed E-state index contributed by atoms with van der Waals surface area (Å²) in [7, 11) is 0. The molecule has 0 aliphatic heterocycles. The highest BCUT2D eigenvalue weighted by Gasteiger charge is 2.09.